The molecular weight excluding hydrogens is 320 g/mol. The molecule has 1 aromatic carbocycles. The van der Waals surface area contributed by atoms with Gasteiger partial charge in [-0.15, -0.1) is 0 Å². The zero-order valence-electron chi connectivity index (χ0n) is 14.4. The van der Waals surface area contributed by atoms with Crippen molar-refractivity contribution in [3.63, 3.8) is 0 Å². The number of morpholine rings is 1. The highest BCUT2D eigenvalue weighted by molar-refractivity contribution is 5.96. The minimum absolute atomic E-state index is 0.0119. The average Bonchev–Trinajstić information content (AvgIpc) is 3.18. The molecule has 1 unspecified atom stereocenters. The third-order valence-corrected chi connectivity index (χ3v) is 4.25. The van der Waals surface area contributed by atoms with E-state index in [0.29, 0.717) is 37.7 Å². The van der Waals surface area contributed by atoms with E-state index in [2.05, 4.69) is 10.2 Å². The van der Waals surface area contributed by atoms with Crippen LogP contribution in [0.5, 0.6) is 5.75 Å². The maximum absolute atomic E-state index is 12.6. The molecule has 3 rings (SSSR count). The number of para-hydroxylation sites is 1. The minimum atomic E-state index is -0.145. The Labute approximate surface area is 147 Å². The van der Waals surface area contributed by atoms with Gasteiger partial charge in [-0.3, -0.25) is 9.69 Å². The SMILES string of the molecule is CCOc1ccccc1C(=O)NCC(c1ccco1)N1CCOCC1. The van der Waals surface area contributed by atoms with Gasteiger partial charge in [-0.2, -0.15) is 0 Å². The summed E-state index contributed by atoms with van der Waals surface area (Å²) in [5, 5.41) is 3.02. The summed E-state index contributed by atoms with van der Waals surface area (Å²) in [5.41, 5.74) is 0.546. The lowest BCUT2D eigenvalue weighted by molar-refractivity contribution is 0.0118. The smallest absolute Gasteiger partial charge is 0.255 e. The van der Waals surface area contributed by atoms with E-state index >= 15 is 0 Å². The van der Waals surface area contributed by atoms with E-state index in [1.807, 2.05) is 37.3 Å². The highest BCUT2D eigenvalue weighted by Crippen LogP contribution is 2.23. The van der Waals surface area contributed by atoms with Gasteiger partial charge in [-0.05, 0) is 31.2 Å². The van der Waals surface area contributed by atoms with Gasteiger partial charge in [0.1, 0.15) is 11.5 Å². The lowest BCUT2D eigenvalue weighted by Gasteiger charge is -2.33. The van der Waals surface area contributed by atoms with Crippen LogP contribution in [0.3, 0.4) is 0 Å². The van der Waals surface area contributed by atoms with E-state index in [9.17, 15) is 4.79 Å². The fourth-order valence-electron chi connectivity index (χ4n) is 3.00. The number of rotatable bonds is 7. The number of amides is 1. The molecular formula is C19H24N2O4. The third kappa shape index (κ3) is 4.41. The number of carbonyl (C=O) groups excluding carboxylic acids is 1. The van der Waals surface area contributed by atoms with Crippen molar-refractivity contribution < 1.29 is 18.7 Å². The number of furan rings is 1. The van der Waals surface area contributed by atoms with Crippen molar-refractivity contribution in [2.45, 2.75) is 13.0 Å². The summed E-state index contributed by atoms with van der Waals surface area (Å²) >= 11 is 0. The van der Waals surface area contributed by atoms with Crippen molar-refractivity contribution in [2.24, 2.45) is 0 Å². The highest BCUT2D eigenvalue weighted by Gasteiger charge is 2.25. The Morgan fingerprint density at radius 1 is 1.24 bits per heavy atom. The van der Waals surface area contributed by atoms with E-state index in [1.54, 1.807) is 12.3 Å². The fourth-order valence-corrected chi connectivity index (χ4v) is 3.00. The van der Waals surface area contributed by atoms with Crippen molar-refractivity contribution in [2.75, 3.05) is 39.5 Å². The second-order valence-corrected chi connectivity index (χ2v) is 5.82. The molecule has 0 spiro atoms. The summed E-state index contributed by atoms with van der Waals surface area (Å²) in [6.07, 6.45) is 1.66. The van der Waals surface area contributed by atoms with Crippen LogP contribution >= 0.6 is 0 Å². The van der Waals surface area contributed by atoms with Crippen LogP contribution in [-0.2, 0) is 4.74 Å². The molecule has 2 aromatic rings. The lowest BCUT2D eigenvalue weighted by atomic mass is 10.1. The molecule has 134 valence electrons. The van der Waals surface area contributed by atoms with Crippen LogP contribution < -0.4 is 10.1 Å². The molecule has 1 aliphatic rings. The number of hydrogen-bond acceptors (Lipinski definition) is 5. The Morgan fingerprint density at radius 3 is 2.76 bits per heavy atom. The van der Waals surface area contributed by atoms with Crippen LogP contribution in [0.1, 0.15) is 29.1 Å². The Balaban J connectivity index is 1.69. The zero-order chi connectivity index (χ0) is 17.5. The summed E-state index contributed by atoms with van der Waals surface area (Å²) in [5.74, 6) is 1.30. The van der Waals surface area contributed by atoms with Gasteiger partial charge in [0.15, 0.2) is 0 Å². The van der Waals surface area contributed by atoms with E-state index < -0.39 is 0 Å². The van der Waals surface area contributed by atoms with Crippen molar-refractivity contribution in [1.82, 2.24) is 10.2 Å². The number of nitrogens with one attached hydrogen (secondary N) is 1. The number of nitrogens with zero attached hydrogens (tertiary/aromatic N) is 1. The van der Waals surface area contributed by atoms with Crippen LogP contribution in [0.15, 0.2) is 47.1 Å². The minimum Gasteiger partial charge on any atom is -0.493 e. The van der Waals surface area contributed by atoms with Crippen molar-refractivity contribution >= 4 is 5.91 Å². The molecule has 1 N–H and O–H groups in total. The van der Waals surface area contributed by atoms with Crippen LogP contribution in [-0.4, -0.2) is 50.3 Å². The second kappa shape index (κ2) is 8.69. The number of benzene rings is 1. The van der Waals surface area contributed by atoms with Gasteiger partial charge in [-0.1, -0.05) is 12.1 Å². The normalized spacial score (nSPS) is 16.4. The van der Waals surface area contributed by atoms with Crippen molar-refractivity contribution in [3.8, 4) is 5.75 Å². The van der Waals surface area contributed by atoms with E-state index in [4.69, 9.17) is 13.9 Å². The van der Waals surface area contributed by atoms with Gasteiger partial charge in [0.2, 0.25) is 0 Å². The number of carbonyl (C=O) groups is 1. The molecule has 0 saturated carbocycles. The Bertz CT molecular complexity index is 666. The molecule has 6 heteroatoms. The van der Waals surface area contributed by atoms with Gasteiger partial charge in [-0.25, -0.2) is 0 Å². The topological polar surface area (TPSA) is 63.9 Å². The van der Waals surface area contributed by atoms with Gasteiger partial charge < -0.3 is 19.2 Å². The van der Waals surface area contributed by atoms with Gasteiger partial charge in [0.05, 0.1) is 37.7 Å². The average molecular weight is 344 g/mol. The van der Waals surface area contributed by atoms with Gasteiger partial charge >= 0.3 is 0 Å². The molecule has 1 saturated heterocycles. The number of ether oxygens (including phenoxy) is 2. The lowest BCUT2D eigenvalue weighted by Crippen LogP contribution is -2.43. The molecule has 1 aromatic heterocycles. The van der Waals surface area contributed by atoms with E-state index in [1.165, 1.54) is 0 Å². The van der Waals surface area contributed by atoms with Crippen molar-refractivity contribution in [3.05, 3.63) is 54.0 Å². The monoisotopic (exact) mass is 344 g/mol. The van der Waals surface area contributed by atoms with Gasteiger partial charge in [0.25, 0.3) is 5.91 Å². The first kappa shape index (κ1) is 17.5. The predicted molar refractivity (Wildman–Crippen MR) is 93.8 cm³/mol. The molecule has 1 aliphatic heterocycles. The number of hydrogen-bond donors (Lipinski definition) is 1. The third-order valence-electron chi connectivity index (χ3n) is 4.25. The summed E-state index contributed by atoms with van der Waals surface area (Å²) in [7, 11) is 0. The molecule has 1 atom stereocenters. The standard InChI is InChI=1S/C19H24N2O4/c1-2-24-17-7-4-3-6-15(17)19(22)20-14-16(18-8-5-11-25-18)21-9-12-23-13-10-21/h3-8,11,16H,2,9-10,12-14H2,1H3,(H,20,22). The molecule has 0 bridgehead atoms. The Morgan fingerprint density at radius 2 is 2.04 bits per heavy atom. The van der Waals surface area contributed by atoms with Gasteiger partial charge in [0, 0.05) is 19.6 Å². The van der Waals surface area contributed by atoms with Crippen LogP contribution in [0.2, 0.25) is 0 Å². The Hall–Kier alpha value is -2.31. The summed E-state index contributed by atoms with van der Waals surface area (Å²) in [4.78, 5) is 14.9. The first-order chi connectivity index (χ1) is 12.3. The molecule has 0 radical (unpaired) electrons. The molecule has 25 heavy (non-hydrogen) atoms. The van der Waals surface area contributed by atoms with Crippen LogP contribution in [0, 0.1) is 0 Å². The predicted octanol–water partition coefficient (Wildman–Crippen LogP) is 2.48. The Kier molecular flexibility index (Phi) is 6.09. The molecule has 1 amide bonds. The van der Waals surface area contributed by atoms with E-state index in [-0.39, 0.29) is 11.9 Å². The van der Waals surface area contributed by atoms with Crippen molar-refractivity contribution in [1.29, 1.82) is 0 Å². The molecule has 2 heterocycles. The summed E-state index contributed by atoms with van der Waals surface area (Å²) in [6.45, 7) is 5.91. The maximum atomic E-state index is 12.6. The maximum Gasteiger partial charge on any atom is 0.255 e. The summed E-state index contributed by atoms with van der Waals surface area (Å²) < 4.78 is 16.6. The zero-order valence-corrected chi connectivity index (χ0v) is 14.4. The quantitative estimate of drug-likeness (QED) is 0.836. The molecule has 0 aliphatic carbocycles. The van der Waals surface area contributed by atoms with Crippen LogP contribution in [0.25, 0.3) is 0 Å². The largest absolute Gasteiger partial charge is 0.493 e. The highest BCUT2D eigenvalue weighted by atomic mass is 16.5. The summed E-state index contributed by atoms with van der Waals surface area (Å²) in [6, 6.07) is 11.1. The fraction of sp³-hybridized carbons (Fsp3) is 0.421. The first-order valence-electron chi connectivity index (χ1n) is 8.65. The second-order valence-electron chi connectivity index (χ2n) is 5.82. The first-order valence-corrected chi connectivity index (χ1v) is 8.65. The van der Waals surface area contributed by atoms with E-state index in [0.717, 1.165) is 18.8 Å². The van der Waals surface area contributed by atoms with Crippen LogP contribution in [0.4, 0.5) is 0 Å². The molecule has 6 nitrogen and oxygen atoms in total. The molecule has 1 fully saturated rings.